The summed E-state index contributed by atoms with van der Waals surface area (Å²) in [5.74, 6) is -0.665. The fraction of sp³-hybridized carbons (Fsp3) is 0.556. The van der Waals surface area contributed by atoms with Crippen molar-refractivity contribution in [2.75, 3.05) is 0 Å². The van der Waals surface area contributed by atoms with Crippen LogP contribution in [-0.4, -0.2) is 11.6 Å². The fourth-order valence-electron chi connectivity index (χ4n) is 1.75. The molecule has 0 unspecified atom stereocenters. The molecule has 0 aliphatic rings. The second kappa shape index (κ2) is 10.4. The van der Waals surface area contributed by atoms with Gasteiger partial charge in [0.1, 0.15) is 0 Å². The van der Waals surface area contributed by atoms with Crippen LogP contribution in [-0.2, 0) is 9.59 Å². The van der Waals surface area contributed by atoms with Crippen molar-refractivity contribution in [3.05, 3.63) is 34.9 Å². The van der Waals surface area contributed by atoms with Crippen LogP contribution < -0.4 is 0 Å². The molecular formula is C18H28O2. The Balaban J connectivity index is 4.03. The molecule has 2 heteroatoms. The van der Waals surface area contributed by atoms with E-state index in [1.54, 1.807) is 0 Å². The first-order chi connectivity index (χ1) is 9.32. The zero-order chi connectivity index (χ0) is 15.5. The molecule has 0 amide bonds. The van der Waals surface area contributed by atoms with Crippen molar-refractivity contribution in [1.29, 1.82) is 0 Å². The van der Waals surface area contributed by atoms with Crippen LogP contribution in [0.5, 0.6) is 0 Å². The fourth-order valence-corrected chi connectivity index (χ4v) is 1.75. The maximum atomic E-state index is 11.2. The average molecular weight is 276 g/mol. The van der Waals surface area contributed by atoms with E-state index in [0.717, 1.165) is 25.7 Å². The average Bonchev–Trinajstić information content (AvgIpc) is 2.35. The minimum atomic E-state index is -0.357. The molecule has 0 bridgehead atoms. The number of rotatable bonds is 9. The van der Waals surface area contributed by atoms with Crippen LogP contribution in [0.4, 0.5) is 0 Å². The van der Waals surface area contributed by atoms with Gasteiger partial charge in [-0.15, -0.1) is 0 Å². The number of hydrogen-bond acceptors (Lipinski definition) is 2. The Kier molecular flexibility index (Phi) is 9.61. The van der Waals surface area contributed by atoms with Gasteiger partial charge in [-0.3, -0.25) is 9.59 Å². The minimum Gasteiger partial charge on any atom is -0.291 e. The Bertz CT molecular complexity index is 419. The van der Waals surface area contributed by atoms with Gasteiger partial charge in [0, 0.05) is 13.3 Å². The van der Waals surface area contributed by atoms with Gasteiger partial charge in [0.2, 0.25) is 5.78 Å². The molecule has 0 fully saturated rings. The lowest BCUT2D eigenvalue weighted by atomic mass is 10.1. The van der Waals surface area contributed by atoms with Gasteiger partial charge < -0.3 is 0 Å². The SMILES string of the molecule is CC(=O)C(=O)C/C=C(\C)CC/C=C(\C)CCC=C(C)C. The second-order valence-electron chi connectivity index (χ2n) is 5.64. The molecule has 20 heavy (non-hydrogen) atoms. The molecule has 0 saturated carbocycles. The maximum absolute atomic E-state index is 11.2. The number of carbonyl (C=O) groups is 2. The van der Waals surface area contributed by atoms with Crippen LogP contribution in [0.3, 0.4) is 0 Å². The molecule has 0 spiro atoms. The van der Waals surface area contributed by atoms with Crippen molar-refractivity contribution in [3.8, 4) is 0 Å². The van der Waals surface area contributed by atoms with E-state index in [1.807, 2.05) is 13.0 Å². The summed E-state index contributed by atoms with van der Waals surface area (Å²) >= 11 is 0. The molecular weight excluding hydrogens is 248 g/mol. The summed E-state index contributed by atoms with van der Waals surface area (Å²) in [6.45, 7) is 9.74. The smallest absolute Gasteiger partial charge is 0.201 e. The van der Waals surface area contributed by atoms with Crippen molar-refractivity contribution < 1.29 is 9.59 Å². The maximum Gasteiger partial charge on any atom is 0.201 e. The summed E-state index contributed by atoms with van der Waals surface area (Å²) in [6, 6.07) is 0. The molecule has 0 aliphatic carbocycles. The summed E-state index contributed by atoms with van der Waals surface area (Å²) in [4.78, 5) is 22.0. The number of Topliss-reactive ketones (excluding diaryl/α,β-unsaturated/α-hetero) is 2. The first-order valence-electron chi connectivity index (χ1n) is 7.31. The predicted octanol–water partition coefficient (Wildman–Crippen LogP) is 4.95. The summed E-state index contributed by atoms with van der Waals surface area (Å²) in [6.07, 6.45) is 10.8. The molecule has 0 saturated heterocycles. The van der Waals surface area contributed by atoms with Gasteiger partial charge in [-0.05, 0) is 53.4 Å². The number of allylic oxidation sites excluding steroid dienone is 6. The van der Waals surface area contributed by atoms with E-state index in [1.165, 1.54) is 23.6 Å². The van der Waals surface area contributed by atoms with Gasteiger partial charge in [-0.25, -0.2) is 0 Å². The molecule has 0 aromatic heterocycles. The lowest BCUT2D eigenvalue weighted by molar-refractivity contribution is -0.134. The normalized spacial score (nSPS) is 12.2. The van der Waals surface area contributed by atoms with Gasteiger partial charge in [0.25, 0.3) is 0 Å². The Morgan fingerprint density at radius 2 is 1.25 bits per heavy atom. The predicted molar refractivity (Wildman–Crippen MR) is 85.7 cm³/mol. The Hall–Kier alpha value is -1.44. The minimum absolute atomic E-state index is 0.241. The Labute approximate surface area is 123 Å². The molecule has 0 atom stereocenters. The van der Waals surface area contributed by atoms with Crippen LogP contribution in [0.2, 0.25) is 0 Å². The third-order valence-corrected chi connectivity index (χ3v) is 3.15. The summed E-state index contributed by atoms with van der Waals surface area (Å²) in [5.41, 5.74) is 3.95. The molecule has 2 nitrogen and oxygen atoms in total. The molecule has 0 N–H and O–H groups in total. The highest BCUT2D eigenvalue weighted by Crippen LogP contribution is 2.11. The van der Waals surface area contributed by atoms with Crippen LogP contribution >= 0.6 is 0 Å². The highest BCUT2D eigenvalue weighted by molar-refractivity contribution is 6.36. The van der Waals surface area contributed by atoms with Crippen molar-refractivity contribution in [3.63, 3.8) is 0 Å². The Morgan fingerprint density at radius 1 is 0.750 bits per heavy atom. The first-order valence-corrected chi connectivity index (χ1v) is 7.31. The van der Waals surface area contributed by atoms with Gasteiger partial charge in [0.05, 0.1) is 0 Å². The van der Waals surface area contributed by atoms with Crippen molar-refractivity contribution in [2.45, 2.75) is 66.7 Å². The van der Waals surface area contributed by atoms with E-state index in [9.17, 15) is 9.59 Å². The quantitative estimate of drug-likeness (QED) is 0.441. The monoisotopic (exact) mass is 276 g/mol. The lowest BCUT2D eigenvalue weighted by Crippen LogP contribution is -2.07. The molecule has 0 aromatic rings. The topological polar surface area (TPSA) is 34.1 Å². The number of carbonyl (C=O) groups excluding carboxylic acids is 2. The third kappa shape index (κ3) is 10.5. The second-order valence-corrected chi connectivity index (χ2v) is 5.64. The van der Waals surface area contributed by atoms with Crippen molar-refractivity contribution in [1.82, 2.24) is 0 Å². The van der Waals surface area contributed by atoms with Crippen LogP contribution in [0.15, 0.2) is 34.9 Å². The van der Waals surface area contributed by atoms with Crippen molar-refractivity contribution >= 4 is 11.6 Å². The van der Waals surface area contributed by atoms with E-state index in [4.69, 9.17) is 0 Å². The zero-order valence-corrected chi connectivity index (χ0v) is 13.6. The van der Waals surface area contributed by atoms with E-state index in [0.29, 0.717) is 0 Å². The van der Waals surface area contributed by atoms with E-state index in [2.05, 4.69) is 32.9 Å². The summed E-state index contributed by atoms with van der Waals surface area (Å²) in [5, 5.41) is 0. The highest BCUT2D eigenvalue weighted by Gasteiger charge is 2.04. The van der Waals surface area contributed by atoms with E-state index in [-0.39, 0.29) is 18.0 Å². The van der Waals surface area contributed by atoms with Crippen LogP contribution in [0.25, 0.3) is 0 Å². The molecule has 0 radical (unpaired) electrons. The first kappa shape index (κ1) is 18.6. The molecule has 112 valence electrons. The van der Waals surface area contributed by atoms with E-state index < -0.39 is 0 Å². The largest absolute Gasteiger partial charge is 0.291 e. The Morgan fingerprint density at radius 3 is 1.75 bits per heavy atom. The molecule has 0 aliphatic heterocycles. The number of hydrogen-bond donors (Lipinski definition) is 0. The highest BCUT2D eigenvalue weighted by atomic mass is 16.2. The standard InChI is InChI=1S/C18H28O2/c1-14(2)8-6-9-15(3)10-7-11-16(4)12-13-18(20)17(5)19/h8,10,12H,6-7,9,11,13H2,1-5H3/b15-10+,16-12+. The van der Waals surface area contributed by atoms with Gasteiger partial charge >= 0.3 is 0 Å². The summed E-state index contributed by atoms with van der Waals surface area (Å²) in [7, 11) is 0. The molecule has 0 heterocycles. The van der Waals surface area contributed by atoms with Crippen LogP contribution in [0.1, 0.15) is 66.7 Å². The van der Waals surface area contributed by atoms with Crippen LogP contribution in [0, 0.1) is 0 Å². The summed E-state index contributed by atoms with van der Waals surface area (Å²) < 4.78 is 0. The zero-order valence-electron chi connectivity index (χ0n) is 13.6. The lowest BCUT2D eigenvalue weighted by Gasteiger charge is -2.01. The van der Waals surface area contributed by atoms with Gasteiger partial charge in [-0.1, -0.05) is 34.9 Å². The van der Waals surface area contributed by atoms with Crippen molar-refractivity contribution in [2.24, 2.45) is 0 Å². The van der Waals surface area contributed by atoms with Gasteiger partial charge in [-0.2, -0.15) is 0 Å². The third-order valence-electron chi connectivity index (χ3n) is 3.15. The molecule has 0 rings (SSSR count). The van der Waals surface area contributed by atoms with E-state index >= 15 is 0 Å². The number of ketones is 2. The molecule has 0 aromatic carbocycles. The van der Waals surface area contributed by atoms with Gasteiger partial charge in [0.15, 0.2) is 5.78 Å².